The standard InChI is InChI=1S/C13H22BrNO3S2/c1-9(2)6-15(7-10(3)4)20(17,18)12-5-11(8-16)19-13(12)14/h5,9-10,16H,6-8H2,1-4H3. The predicted octanol–water partition coefficient (Wildman–Crippen LogP) is 3.31. The lowest BCUT2D eigenvalue weighted by Crippen LogP contribution is -2.37. The third kappa shape index (κ3) is 4.53. The number of aliphatic hydroxyl groups excluding tert-OH is 1. The quantitative estimate of drug-likeness (QED) is 0.785. The predicted molar refractivity (Wildman–Crippen MR) is 86.4 cm³/mol. The zero-order valence-corrected chi connectivity index (χ0v) is 15.5. The highest BCUT2D eigenvalue weighted by atomic mass is 79.9. The van der Waals surface area contributed by atoms with Crippen molar-refractivity contribution in [1.29, 1.82) is 0 Å². The summed E-state index contributed by atoms with van der Waals surface area (Å²) in [6.07, 6.45) is 0. The van der Waals surface area contributed by atoms with Crippen molar-refractivity contribution in [2.24, 2.45) is 11.8 Å². The first-order valence-electron chi connectivity index (χ1n) is 6.57. The molecule has 1 N–H and O–H groups in total. The number of nitrogens with zero attached hydrogens (tertiary/aromatic N) is 1. The van der Waals surface area contributed by atoms with Crippen LogP contribution in [0.1, 0.15) is 32.6 Å². The minimum atomic E-state index is -3.53. The van der Waals surface area contributed by atoms with E-state index in [0.29, 0.717) is 21.8 Å². The van der Waals surface area contributed by atoms with Crippen LogP contribution in [0, 0.1) is 11.8 Å². The van der Waals surface area contributed by atoms with Crippen molar-refractivity contribution in [3.63, 3.8) is 0 Å². The van der Waals surface area contributed by atoms with Crippen LogP contribution in [0.25, 0.3) is 0 Å². The molecular weight excluding hydrogens is 362 g/mol. The number of sulfonamides is 1. The monoisotopic (exact) mass is 383 g/mol. The molecule has 7 heteroatoms. The molecule has 1 heterocycles. The molecule has 4 nitrogen and oxygen atoms in total. The maximum absolute atomic E-state index is 12.8. The number of halogens is 1. The van der Waals surface area contributed by atoms with Gasteiger partial charge in [-0.2, -0.15) is 4.31 Å². The maximum Gasteiger partial charge on any atom is 0.245 e. The first-order valence-corrected chi connectivity index (χ1v) is 9.62. The fourth-order valence-electron chi connectivity index (χ4n) is 1.88. The van der Waals surface area contributed by atoms with E-state index in [1.54, 1.807) is 6.07 Å². The highest BCUT2D eigenvalue weighted by Crippen LogP contribution is 2.34. The molecule has 0 aliphatic carbocycles. The van der Waals surface area contributed by atoms with E-state index in [4.69, 9.17) is 5.11 Å². The van der Waals surface area contributed by atoms with Gasteiger partial charge in [-0.05, 0) is 33.8 Å². The summed E-state index contributed by atoms with van der Waals surface area (Å²) in [5, 5.41) is 9.15. The van der Waals surface area contributed by atoms with Gasteiger partial charge in [-0.15, -0.1) is 11.3 Å². The van der Waals surface area contributed by atoms with Crippen LogP contribution in [-0.4, -0.2) is 30.9 Å². The molecule has 0 fully saturated rings. The van der Waals surface area contributed by atoms with E-state index in [1.165, 1.54) is 15.6 Å². The minimum absolute atomic E-state index is 0.146. The Morgan fingerprint density at radius 3 is 2.10 bits per heavy atom. The van der Waals surface area contributed by atoms with Gasteiger partial charge >= 0.3 is 0 Å². The number of hydrogen-bond donors (Lipinski definition) is 1. The van der Waals surface area contributed by atoms with E-state index in [-0.39, 0.29) is 23.3 Å². The molecule has 0 radical (unpaired) electrons. The van der Waals surface area contributed by atoms with Crippen LogP contribution >= 0.6 is 27.3 Å². The smallest absolute Gasteiger partial charge is 0.245 e. The fraction of sp³-hybridized carbons (Fsp3) is 0.692. The van der Waals surface area contributed by atoms with Crippen molar-refractivity contribution in [3.8, 4) is 0 Å². The van der Waals surface area contributed by atoms with Crippen molar-refractivity contribution < 1.29 is 13.5 Å². The molecule has 0 aliphatic heterocycles. The molecule has 20 heavy (non-hydrogen) atoms. The van der Waals surface area contributed by atoms with Crippen molar-refractivity contribution >= 4 is 37.3 Å². The number of thiophene rings is 1. The van der Waals surface area contributed by atoms with Gasteiger partial charge in [0.1, 0.15) is 4.90 Å². The summed E-state index contributed by atoms with van der Waals surface area (Å²) < 4.78 is 27.6. The second-order valence-electron chi connectivity index (χ2n) is 5.62. The number of rotatable bonds is 7. The van der Waals surface area contributed by atoms with Crippen LogP contribution in [0.2, 0.25) is 0 Å². The largest absolute Gasteiger partial charge is 0.391 e. The van der Waals surface area contributed by atoms with Crippen LogP contribution < -0.4 is 0 Å². The average Bonchev–Trinajstić information content (AvgIpc) is 2.69. The summed E-state index contributed by atoms with van der Waals surface area (Å²) in [6, 6.07) is 1.55. The van der Waals surface area contributed by atoms with E-state index >= 15 is 0 Å². The normalized spacial score (nSPS) is 12.8. The minimum Gasteiger partial charge on any atom is -0.391 e. The summed E-state index contributed by atoms with van der Waals surface area (Å²) in [6.45, 7) is 8.87. The van der Waals surface area contributed by atoms with Crippen molar-refractivity contribution in [2.45, 2.75) is 39.2 Å². The lowest BCUT2D eigenvalue weighted by molar-refractivity contribution is 0.285. The summed E-state index contributed by atoms with van der Waals surface area (Å²) in [7, 11) is -3.53. The van der Waals surface area contributed by atoms with Crippen molar-refractivity contribution in [1.82, 2.24) is 4.31 Å². The second-order valence-corrected chi connectivity index (χ2v) is 9.98. The summed E-state index contributed by atoms with van der Waals surface area (Å²) in [5.74, 6) is 0.525. The zero-order chi connectivity index (χ0) is 15.5. The molecule has 0 saturated carbocycles. The van der Waals surface area contributed by atoms with Gasteiger partial charge in [-0.3, -0.25) is 0 Å². The number of aliphatic hydroxyl groups is 1. The summed E-state index contributed by atoms with van der Waals surface area (Å²) in [5.41, 5.74) is 0. The van der Waals surface area contributed by atoms with E-state index in [2.05, 4.69) is 15.9 Å². The Labute approximate surface area is 134 Å². The van der Waals surface area contributed by atoms with Crippen LogP contribution in [0.3, 0.4) is 0 Å². The lowest BCUT2D eigenvalue weighted by Gasteiger charge is -2.25. The van der Waals surface area contributed by atoms with Crippen LogP contribution in [0.5, 0.6) is 0 Å². The Morgan fingerprint density at radius 2 is 1.75 bits per heavy atom. The molecule has 0 unspecified atom stereocenters. The van der Waals surface area contributed by atoms with Gasteiger partial charge in [-0.1, -0.05) is 27.7 Å². The Morgan fingerprint density at radius 1 is 1.25 bits per heavy atom. The Bertz CT molecular complexity index is 528. The molecule has 0 spiro atoms. The molecule has 1 rings (SSSR count). The van der Waals surface area contributed by atoms with E-state index < -0.39 is 10.0 Å². The van der Waals surface area contributed by atoms with Crippen LogP contribution in [0.4, 0.5) is 0 Å². The molecule has 1 aromatic rings. The molecule has 0 amide bonds. The molecule has 0 bridgehead atoms. The maximum atomic E-state index is 12.8. The van der Waals surface area contributed by atoms with Gasteiger partial charge in [0.15, 0.2) is 0 Å². The van der Waals surface area contributed by atoms with Crippen molar-refractivity contribution in [2.75, 3.05) is 13.1 Å². The zero-order valence-electron chi connectivity index (χ0n) is 12.3. The SMILES string of the molecule is CC(C)CN(CC(C)C)S(=O)(=O)c1cc(CO)sc1Br. The Hall–Kier alpha value is 0.0500. The van der Waals surface area contributed by atoms with E-state index in [1.807, 2.05) is 27.7 Å². The van der Waals surface area contributed by atoms with Crippen LogP contribution in [0.15, 0.2) is 14.7 Å². The topological polar surface area (TPSA) is 57.6 Å². The third-order valence-electron chi connectivity index (χ3n) is 2.62. The van der Waals surface area contributed by atoms with Gasteiger partial charge in [0.2, 0.25) is 10.0 Å². The average molecular weight is 384 g/mol. The third-order valence-corrected chi connectivity index (χ3v) is 6.69. The van der Waals surface area contributed by atoms with E-state index in [9.17, 15) is 8.42 Å². The van der Waals surface area contributed by atoms with Crippen LogP contribution in [-0.2, 0) is 16.6 Å². The highest BCUT2D eigenvalue weighted by Gasteiger charge is 2.29. The molecule has 0 aliphatic rings. The highest BCUT2D eigenvalue weighted by molar-refractivity contribution is 9.11. The summed E-state index contributed by atoms with van der Waals surface area (Å²) in [4.78, 5) is 0.900. The molecule has 116 valence electrons. The molecule has 0 aromatic carbocycles. The molecule has 1 aromatic heterocycles. The molecular formula is C13H22BrNO3S2. The van der Waals surface area contributed by atoms with Gasteiger partial charge in [0.25, 0.3) is 0 Å². The first kappa shape index (κ1) is 18.1. The second kappa shape index (κ2) is 7.35. The first-order chi connectivity index (χ1) is 9.18. The Kier molecular flexibility index (Phi) is 6.66. The molecule has 0 atom stereocenters. The van der Waals surface area contributed by atoms with Gasteiger partial charge in [0.05, 0.1) is 10.4 Å². The van der Waals surface area contributed by atoms with Gasteiger partial charge in [0, 0.05) is 18.0 Å². The Balaban J connectivity index is 3.17. The lowest BCUT2D eigenvalue weighted by atomic mass is 10.2. The molecule has 0 saturated heterocycles. The van der Waals surface area contributed by atoms with Gasteiger partial charge < -0.3 is 5.11 Å². The van der Waals surface area contributed by atoms with Gasteiger partial charge in [-0.25, -0.2) is 8.42 Å². The fourth-order valence-corrected chi connectivity index (χ4v) is 6.14. The van der Waals surface area contributed by atoms with Crippen molar-refractivity contribution in [3.05, 3.63) is 14.7 Å². The number of hydrogen-bond acceptors (Lipinski definition) is 4. The van der Waals surface area contributed by atoms with E-state index in [0.717, 1.165) is 0 Å². The summed E-state index contributed by atoms with van der Waals surface area (Å²) >= 11 is 4.55.